The van der Waals surface area contributed by atoms with Crippen molar-refractivity contribution in [3.8, 4) is 40.1 Å². The smallest absolute Gasteiger partial charge is 0.236 e. The molecule has 4 aromatic rings. The molecule has 0 amide bonds. The molecule has 198 valence electrons. The molecule has 0 radical (unpaired) electrons. The first-order chi connectivity index (χ1) is 18.9. The highest BCUT2D eigenvalue weighted by atomic mass is 32.2. The highest BCUT2D eigenvalue weighted by molar-refractivity contribution is 7.98. The average Bonchev–Trinajstić information content (AvgIpc) is 3.34. The quantitative estimate of drug-likeness (QED) is 0.189. The maximum absolute atomic E-state index is 10.1. The zero-order valence-corrected chi connectivity index (χ0v) is 22.0. The molecule has 0 spiro atoms. The Hall–Kier alpha value is -4.55. The number of methoxy groups -OCH3 is 1. The van der Waals surface area contributed by atoms with Crippen molar-refractivity contribution in [3.63, 3.8) is 0 Å². The lowest BCUT2D eigenvalue weighted by molar-refractivity contribution is 0.0536. The largest absolute Gasteiger partial charge is 0.496 e. The van der Waals surface area contributed by atoms with Gasteiger partial charge in [0.25, 0.3) is 0 Å². The second-order valence-corrected chi connectivity index (χ2v) is 9.27. The summed E-state index contributed by atoms with van der Waals surface area (Å²) in [5.41, 5.74) is 8.81. The summed E-state index contributed by atoms with van der Waals surface area (Å²) in [6, 6.07) is 16.3. The lowest BCUT2D eigenvalue weighted by Gasteiger charge is -2.14. The van der Waals surface area contributed by atoms with Gasteiger partial charge in [0.15, 0.2) is 0 Å². The van der Waals surface area contributed by atoms with Crippen LogP contribution in [0.2, 0.25) is 0 Å². The van der Waals surface area contributed by atoms with Crippen molar-refractivity contribution in [1.29, 1.82) is 5.26 Å². The molecule has 10 nitrogen and oxygen atoms in total. The van der Waals surface area contributed by atoms with Crippen LogP contribution >= 0.6 is 11.8 Å². The number of pyridine rings is 1. The third-order valence-electron chi connectivity index (χ3n) is 5.76. The lowest BCUT2D eigenvalue weighted by atomic mass is 10.00. The van der Waals surface area contributed by atoms with Crippen molar-refractivity contribution >= 4 is 23.3 Å². The van der Waals surface area contributed by atoms with Gasteiger partial charge in [-0.15, -0.1) is 0 Å². The molecule has 39 heavy (non-hydrogen) atoms. The van der Waals surface area contributed by atoms with Crippen LogP contribution in [-0.2, 0) is 5.75 Å². The van der Waals surface area contributed by atoms with Crippen LogP contribution in [0, 0.1) is 24.8 Å². The van der Waals surface area contributed by atoms with E-state index in [0.29, 0.717) is 50.7 Å². The van der Waals surface area contributed by atoms with Crippen molar-refractivity contribution in [2.24, 2.45) is 0 Å². The fourth-order valence-electron chi connectivity index (χ4n) is 3.77. The van der Waals surface area contributed by atoms with Crippen molar-refractivity contribution in [3.05, 3.63) is 77.0 Å². The van der Waals surface area contributed by atoms with Crippen molar-refractivity contribution in [2.45, 2.75) is 23.8 Å². The number of aliphatic hydroxyl groups excluding tert-OH is 2. The number of nitrogens with zero attached hydrogens (tertiary/aromatic N) is 4. The molecule has 0 aliphatic carbocycles. The zero-order valence-electron chi connectivity index (χ0n) is 21.2. The van der Waals surface area contributed by atoms with Gasteiger partial charge in [0.05, 0.1) is 37.1 Å². The number of benzene rings is 2. The molecule has 11 heteroatoms. The predicted molar refractivity (Wildman–Crippen MR) is 146 cm³/mol. The second kappa shape index (κ2) is 12.3. The molecule has 2 aromatic heterocycles. The van der Waals surface area contributed by atoms with E-state index >= 15 is 0 Å². The molecule has 0 saturated carbocycles. The van der Waals surface area contributed by atoms with Gasteiger partial charge >= 0.3 is 0 Å². The first kappa shape index (κ1) is 27.5. The number of aromatic nitrogens is 2. The molecule has 0 fully saturated rings. The Morgan fingerprint density at radius 2 is 1.95 bits per heavy atom. The van der Waals surface area contributed by atoms with Crippen LogP contribution in [0.5, 0.6) is 11.5 Å². The van der Waals surface area contributed by atoms with E-state index in [0.717, 1.165) is 5.56 Å². The topological polar surface area (TPSA) is 152 Å². The number of aliphatic hydroxyl groups is 2. The predicted octanol–water partition coefficient (Wildman–Crippen LogP) is 4.75. The van der Waals surface area contributed by atoms with Gasteiger partial charge in [-0.25, -0.2) is 14.8 Å². The SMILES string of the molecule is [C-]#[N+]c1c(N)nc(SCc2nc(-c3ccccc3OC)oc2C)c(C#N)c1-c1ccc(OC[C@@H](O)CO)cc1. The summed E-state index contributed by atoms with van der Waals surface area (Å²) in [6.45, 7) is 8.98. The van der Waals surface area contributed by atoms with Crippen LogP contribution in [0.3, 0.4) is 0 Å². The molecular formula is C28H25N5O5S. The van der Waals surface area contributed by atoms with Gasteiger partial charge in [-0.1, -0.05) is 36.0 Å². The number of ether oxygens (including phenoxy) is 2. The molecule has 1 atom stereocenters. The summed E-state index contributed by atoms with van der Waals surface area (Å²) >= 11 is 1.27. The van der Waals surface area contributed by atoms with Gasteiger partial charge < -0.3 is 29.8 Å². The standard InChI is InChI=1S/C28H25N5O5S/c1-16-22(32-27(38-16)20-6-4-5-7-23(20)36-3)15-39-28-21(12-29)24(25(31-2)26(30)33-28)17-8-10-19(11-9-17)37-14-18(35)13-34/h4-11,18,34-35H,13-15H2,1,3H3,(H2,30,33)/t18-/m0/s1. The van der Waals surface area contributed by atoms with Crippen molar-refractivity contribution < 1.29 is 24.1 Å². The Kier molecular flexibility index (Phi) is 8.69. The van der Waals surface area contributed by atoms with E-state index in [9.17, 15) is 10.4 Å². The van der Waals surface area contributed by atoms with Crippen LogP contribution in [-0.4, -0.2) is 46.6 Å². The van der Waals surface area contributed by atoms with Crippen LogP contribution in [0.4, 0.5) is 11.5 Å². The van der Waals surface area contributed by atoms with Crippen LogP contribution < -0.4 is 15.2 Å². The summed E-state index contributed by atoms with van der Waals surface area (Å²) in [5.74, 6) is 2.50. The number of para-hydroxylation sites is 1. The van der Waals surface area contributed by atoms with Gasteiger partial charge in [0.2, 0.25) is 11.6 Å². The molecule has 0 aliphatic heterocycles. The molecular weight excluding hydrogens is 518 g/mol. The summed E-state index contributed by atoms with van der Waals surface area (Å²) in [5, 5.41) is 28.9. The molecule has 4 rings (SSSR count). The van der Waals surface area contributed by atoms with E-state index in [2.05, 4.69) is 20.9 Å². The summed E-state index contributed by atoms with van der Waals surface area (Å²) in [6.07, 6.45) is -0.998. The molecule has 4 N–H and O–H groups in total. The van der Waals surface area contributed by atoms with Gasteiger partial charge in [0.1, 0.15) is 46.9 Å². The number of thioether (sulfide) groups is 1. The number of hydrogen-bond acceptors (Lipinski definition) is 10. The third kappa shape index (κ3) is 5.97. The number of hydrogen-bond donors (Lipinski definition) is 3. The van der Waals surface area contributed by atoms with Crippen LogP contribution in [0.25, 0.3) is 27.4 Å². The first-order valence-electron chi connectivity index (χ1n) is 11.8. The van der Waals surface area contributed by atoms with E-state index in [1.54, 1.807) is 31.4 Å². The fourth-order valence-corrected chi connectivity index (χ4v) is 4.77. The van der Waals surface area contributed by atoms with E-state index in [1.165, 1.54) is 11.8 Å². The second-order valence-electron chi connectivity index (χ2n) is 8.31. The van der Waals surface area contributed by atoms with Crippen LogP contribution in [0.1, 0.15) is 17.0 Å². The van der Waals surface area contributed by atoms with E-state index in [1.807, 2.05) is 31.2 Å². The molecule has 2 aromatic carbocycles. The number of aryl methyl sites for hydroxylation is 1. The third-order valence-corrected chi connectivity index (χ3v) is 6.75. The molecule has 0 aliphatic rings. The van der Waals surface area contributed by atoms with Crippen molar-refractivity contribution in [2.75, 3.05) is 26.1 Å². The van der Waals surface area contributed by atoms with E-state index in [4.69, 9.17) is 31.3 Å². The number of nitriles is 1. The Labute approximate surface area is 229 Å². The summed E-state index contributed by atoms with van der Waals surface area (Å²) in [7, 11) is 1.58. The number of rotatable bonds is 10. The average molecular weight is 544 g/mol. The maximum Gasteiger partial charge on any atom is 0.236 e. The first-order valence-corrected chi connectivity index (χ1v) is 12.7. The highest BCUT2D eigenvalue weighted by Gasteiger charge is 2.22. The van der Waals surface area contributed by atoms with Gasteiger partial charge in [-0.2, -0.15) is 5.26 Å². The molecule has 2 heterocycles. The molecule has 0 bridgehead atoms. The Morgan fingerprint density at radius 1 is 1.21 bits per heavy atom. The van der Waals surface area contributed by atoms with E-state index in [-0.39, 0.29) is 23.7 Å². The number of nitrogen functional groups attached to an aromatic ring is 1. The zero-order chi connectivity index (χ0) is 27.9. The minimum atomic E-state index is -0.998. The van der Waals surface area contributed by atoms with Gasteiger partial charge in [-0.3, -0.25) is 0 Å². The Morgan fingerprint density at radius 3 is 2.62 bits per heavy atom. The summed E-state index contributed by atoms with van der Waals surface area (Å²) < 4.78 is 16.8. The van der Waals surface area contributed by atoms with E-state index < -0.39 is 12.7 Å². The lowest BCUT2D eigenvalue weighted by Crippen LogP contribution is -2.21. The summed E-state index contributed by atoms with van der Waals surface area (Å²) in [4.78, 5) is 12.5. The Balaban J connectivity index is 1.64. The number of oxazole rings is 1. The van der Waals surface area contributed by atoms with Gasteiger partial charge in [0, 0.05) is 11.3 Å². The highest BCUT2D eigenvalue weighted by Crippen LogP contribution is 2.42. The fraction of sp³-hybridized carbons (Fsp3) is 0.214. The molecule has 0 saturated heterocycles. The normalized spacial score (nSPS) is 11.4. The maximum atomic E-state index is 10.1. The van der Waals surface area contributed by atoms with Crippen molar-refractivity contribution in [1.82, 2.24) is 9.97 Å². The Bertz CT molecular complexity index is 1560. The minimum Gasteiger partial charge on any atom is -0.496 e. The van der Waals surface area contributed by atoms with Crippen LogP contribution in [0.15, 0.2) is 58.0 Å². The monoisotopic (exact) mass is 543 g/mol. The minimum absolute atomic E-state index is 0.0134. The number of anilines is 1. The number of nitrogens with two attached hydrogens (primary N) is 1. The molecule has 0 unspecified atom stereocenters. The van der Waals surface area contributed by atoms with Gasteiger partial charge in [-0.05, 0) is 36.8 Å².